The summed E-state index contributed by atoms with van der Waals surface area (Å²) in [5.41, 5.74) is 0. The molecule has 2 aliphatic rings. The lowest BCUT2D eigenvalue weighted by atomic mass is 9.90. The van der Waals surface area contributed by atoms with E-state index in [-0.39, 0.29) is 12.0 Å². The maximum Gasteiger partial charge on any atom is 0.224 e. The first-order valence-corrected chi connectivity index (χ1v) is 6.36. The number of rotatable bonds is 2. The number of likely N-dealkylation sites (tertiary alicyclic amines) is 1. The van der Waals surface area contributed by atoms with Gasteiger partial charge in [-0.1, -0.05) is 6.92 Å². The minimum absolute atomic E-state index is 0.197. The summed E-state index contributed by atoms with van der Waals surface area (Å²) in [6.07, 6.45) is 3.45. The van der Waals surface area contributed by atoms with Crippen LogP contribution in [0.15, 0.2) is 0 Å². The van der Waals surface area contributed by atoms with E-state index in [4.69, 9.17) is 0 Å². The number of carbonyl (C=O) groups excluding carboxylic acids is 1. The average molecular weight is 226 g/mol. The van der Waals surface area contributed by atoms with Gasteiger partial charge in [-0.15, -0.1) is 0 Å². The highest BCUT2D eigenvalue weighted by Crippen LogP contribution is 2.20. The Bertz CT molecular complexity index is 257. The van der Waals surface area contributed by atoms with E-state index in [1.165, 1.54) is 12.8 Å². The number of aliphatic hydroxyl groups excluding tert-OH is 1. The van der Waals surface area contributed by atoms with E-state index < -0.39 is 0 Å². The maximum atomic E-state index is 12.0. The number of hydrogen-bond donors (Lipinski definition) is 2. The predicted octanol–water partition coefficient (Wildman–Crippen LogP) is 0.358. The van der Waals surface area contributed by atoms with E-state index in [1.54, 1.807) is 4.90 Å². The molecular formula is C12H22N2O2. The van der Waals surface area contributed by atoms with Crippen molar-refractivity contribution in [1.29, 1.82) is 0 Å². The Morgan fingerprint density at radius 1 is 1.50 bits per heavy atom. The first-order valence-electron chi connectivity index (χ1n) is 6.36. The van der Waals surface area contributed by atoms with Gasteiger partial charge in [0.25, 0.3) is 0 Å². The van der Waals surface area contributed by atoms with Crippen LogP contribution in [0.4, 0.5) is 0 Å². The molecule has 2 heterocycles. The second kappa shape index (κ2) is 5.15. The second-order valence-corrected chi connectivity index (χ2v) is 5.17. The Morgan fingerprint density at radius 3 is 2.94 bits per heavy atom. The Balaban J connectivity index is 1.82. The van der Waals surface area contributed by atoms with Crippen LogP contribution in [0.5, 0.6) is 0 Å². The van der Waals surface area contributed by atoms with Gasteiger partial charge in [0.15, 0.2) is 0 Å². The number of piperidine rings is 1. The standard InChI is InChI=1S/C12H22N2O2/c1-9-3-2-5-13-11(9)7-12(16)14-6-4-10(15)8-14/h9-11,13,15H,2-8H2,1H3. The molecule has 0 aromatic rings. The summed E-state index contributed by atoms with van der Waals surface area (Å²) in [4.78, 5) is 13.8. The van der Waals surface area contributed by atoms with Crippen molar-refractivity contribution in [3.8, 4) is 0 Å². The predicted molar refractivity (Wildman–Crippen MR) is 62.0 cm³/mol. The van der Waals surface area contributed by atoms with E-state index in [0.717, 1.165) is 19.5 Å². The van der Waals surface area contributed by atoms with Gasteiger partial charge in [-0.3, -0.25) is 4.79 Å². The van der Waals surface area contributed by atoms with Gasteiger partial charge in [0.1, 0.15) is 0 Å². The fraction of sp³-hybridized carbons (Fsp3) is 0.917. The highest BCUT2D eigenvalue weighted by atomic mass is 16.3. The van der Waals surface area contributed by atoms with E-state index in [1.807, 2.05) is 0 Å². The lowest BCUT2D eigenvalue weighted by molar-refractivity contribution is -0.131. The number of hydrogen-bond acceptors (Lipinski definition) is 3. The molecule has 0 saturated carbocycles. The van der Waals surface area contributed by atoms with Crippen molar-refractivity contribution in [2.24, 2.45) is 5.92 Å². The minimum Gasteiger partial charge on any atom is -0.391 e. The van der Waals surface area contributed by atoms with Crippen LogP contribution in [-0.4, -0.2) is 47.7 Å². The largest absolute Gasteiger partial charge is 0.391 e. The van der Waals surface area contributed by atoms with Gasteiger partial charge in [-0.2, -0.15) is 0 Å². The molecule has 0 aliphatic carbocycles. The fourth-order valence-electron chi connectivity index (χ4n) is 2.67. The van der Waals surface area contributed by atoms with E-state index in [2.05, 4.69) is 12.2 Å². The van der Waals surface area contributed by atoms with E-state index in [9.17, 15) is 9.90 Å². The second-order valence-electron chi connectivity index (χ2n) is 5.17. The van der Waals surface area contributed by atoms with Crippen LogP contribution in [0.3, 0.4) is 0 Å². The molecule has 0 radical (unpaired) electrons. The average Bonchev–Trinajstić information content (AvgIpc) is 2.68. The SMILES string of the molecule is CC1CCCNC1CC(=O)N1CCC(O)C1. The summed E-state index contributed by atoms with van der Waals surface area (Å²) < 4.78 is 0. The molecule has 2 N–H and O–H groups in total. The van der Waals surface area contributed by atoms with E-state index in [0.29, 0.717) is 24.9 Å². The molecule has 4 nitrogen and oxygen atoms in total. The third-order valence-corrected chi connectivity index (χ3v) is 3.84. The molecule has 3 unspecified atom stereocenters. The summed E-state index contributed by atoms with van der Waals surface area (Å²) in [5, 5.41) is 12.8. The number of amides is 1. The zero-order valence-corrected chi connectivity index (χ0v) is 9.98. The molecule has 2 fully saturated rings. The van der Waals surface area contributed by atoms with E-state index >= 15 is 0 Å². The molecule has 2 aliphatic heterocycles. The van der Waals surface area contributed by atoms with Gasteiger partial charge < -0.3 is 15.3 Å². The molecular weight excluding hydrogens is 204 g/mol. The van der Waals surface area contributed by atoms with Crippen LogP contribution in [0, 0.1) is 5.92 Å². The molecule has 0 aromatic carbocycles. The quantitative estimate of drug-likeness (QED) is 0.715. The Kier molecular flexibility index (Phi) is 3.82. The number of aliphatic hydroxyl groups is 1. The van der Waals surface area contributed by atoms with Crippen molar-refractivity contribution in [1.82, 2.24) is 10.2 Å². The third-order valence-electron chi connectivity index (χ3n) is 3.84. The fourth-order valence-corrected chi connectivity index (χ4v) is 2.67. The first-order chi connectivity index (χ1) is 7.66. The Morgan fingerprint density at radius 2 is 2.31 bits per heavy atom. The molecule has 1 amide bonds. The molecule has 0 aromatic heterocycles. The van der Waals surface area contributed by atoms with Gasteiger partial charge in [-0.05, 0) is 31.7 Å². The van der Waals surface area contributed by atoms with Gasteiger partial charge in [-0.25, -0.2) is 0 Å². The lowest BCUT2D eigenvalue weighted by Crippen LogP contribution is -2.44. The smallest absolute Gasteiger partial charge is 0.224 e. The first kappa shape index (κ1) is 11.9. The Hall–Kier alpha value is -0.610. The topological polar surface area (TPSA) is 52.6 Å². The van der Waals surface area contributed by atoms with Crippen LogP contribution >= 0.6 is 0 Å². The number of nitrogens with one attached hydrogen (secondary N) is 1. The van der Waals surface area contributed by atoms with Gasteiger partial charge in [0, 0.05) is 25.6 Å². The van der Waals surface area contributed by atoms with Crippen molar-refractivity contribution in [2.45, 2.75) is 44.8 Å². The highest BCUT2D eigenvalue weighted by Gasteiger charge is 2.29. The summed E-state index contributed by atoms with van der Waals surface area (Å²) in [6.45, 7) is 4.49. The zero-order valence-electron chi connectivity index (χ0n) is 9.98. The normalized spacial score (nSPS) is 35.4. The summed E-state index contributed by atoms with van der Waals surface area (Å²) in [7, 11) is 0. The third kappa shape index (κ3) is 2.74. The van der Waals surface area contributed by atoms with Gasteiger partial charge >= 0.3 is 0 Å². The molecule has 2 rings (SSSR count). The maximum absolute atomic E-state index is 12.0. The summed E-state index contributed by atoms with van der Waals surface area (Å²) >= 11 is 0. The van der Waals surface area contributed by atoms with Gasteiger partial charge in [0.05, 0.1) is 6.10 Å². The van der Waals surface area contributed by atoms with Crippen molar-refractivity contribution in [3.05, 3.63) is 0 Å². The van der Waals surface area contributed by atoms with Crippen LogP contribution in [0.1, 0.15) is 32.6 Å². The van der Waals surface area contributed by atoms with Gasteiger partial charge in [0.2, 0.25) is 5.91 Å². The number of β-amino-alcohol motifs (C(OH)–C–C–N with tert-alkyl or cyclic N) is 1. The lowest BCUT2D eigenvalue weighted by Gasteiger charge is -2.30. The summed E-state index contributed by atoms with van der Waals surface area (Å²) in [5.74, 6) is 0.785. The molecule has 4 heteroatoms. The molecule has 16 heavy (non-hydrogen) atoms. The van der Waals surface area contributed by atoms with Crippen molar-refractivity contribution in [3.63, 3.8) is 0 Å². The van der Waals surface area contributed by atoms with Crippen LogP contribution in [0.2, 0.25) is 0 Å². The molecule has 2 saturated heterocycles. The Labute approximate surface area is 97.0 Å². The molecule has 92 valence electrons. The monoisotopic (exact) mass is 226 g/mol. The molecule has 0 bridgehead atoms. The highest BCUT2D eigenvalue weighted by molar-refractivity contribution is 5.77. The van der Waals surface area contributed by atoms with Crippen molar-refractivity contribution < 1.29 is 9.90 Å². The number of carbonyl (C=O) groups is 1. The molecule has 0 spiro atoms. The van der Waals surface area contributed by atoms with Crippen LogP contribution < -0.4 is 5.32 Å². The van der Waals surface area contributed by atoms with Crippen LogP contribution in [0.25, 0.3) is 0 Å². The van der Waals surface area contributed by atoms with Crippen LogP contribution in [-0.2, 0) is 4.79 Å². The zero-order chi connectivity index (χ0) is 11.5. The summed E-state index contributed by atoms with van der Waals surface area (Å²) in [6, 6.07) is 0.332. The minimum atomic E-state index is -0.305. The van der Waals surface area contributed by atoms with Crippen molar-refractivity contribution in [2.75, 3.05) is 19.6 Å². The number of nitrogens with zero attached hydrogens (tertiary/aromatic N) is 1. The molecule has 3 atom stereocenters. The van der Waals surface area contributed by atoms with Crippen molar-refractivity contribution >= 4 is 5.91 Å².